The fourth-order valence-corrected chi connectivity index (χ4v) is 2.78. The molecule has 1 aromatic carbocycles. The Kier molecular flexibility index (Phi) is 5.75. The molecule has 2 rings (SSSR count). The van der Waals surface area contributed by atoms with Crippen LogP contribution in [-0.4, -0.2) is 32.1 Å². The van der Waals surface area contributed by atoms with Crippen molar-refractivity contribution in [2.24, 2.45) is 0 Å². The smallest absolute Gasteiger partial charge is 0.328 e. The van der Waals surface area contributed by atoms with Gasteiger partial charge in [-0.3, -0.25) is 4.79 Å². The Bertz CT molecular complexity index is 858. The van der Waals surface area contributed by atoms with Crippen LogP contribution in [0, 0.1) is 13.8 Å². The van der Waals surface area contributed by atoms with Gasteiger partial charge in [0, 0.05) is 19.0 Å². The molecule has 0 saturated carbocycles. The molecule has 0 saturated heterocycles. The van der Waals surface area contributed by atoms with Crippen molar-refractivity contribution < 1.29 is 22.5 Å². The first-order valence-corrected chi connectivity index (χ1v) is 8.85. The topological polar surface area (TPSA) is 130 Å². The Balaban J connectivity index is 1.78. The third-order valence-corrected chi connectivity index (χ3v) is 4.44. The number of amides is 3. The number of aromatic nitrogens is 1. The van der Waals surface area contributed by atoms with Crippen LogP contribution in [0.1, 0.15) is 17.7 Å². The molecule has 0 spiro atoms. The molecule has 134 valence electrons. The summed E-state index contributed by atoms with van der Waals surface area (Å²) in [6.07, 6.45) is -0.0517. The van der Waals surface area contributed by atoms with Gasteiger partial charge in [-0.25, -0.2) is 17.9 Å². The maximum Gasteiger partial charge on any atom is 0.328 e. The second-order valence-electron chi connectivity index (χ2n) is 5.30. The van der Waals surface area contributed by atoms with Crippen molar-refractivity contribution in [2.45, 2.75) is 25.2 Å². The second kappa shape index (κ2) is 7.79. The summed E-state index contributed by atoms with van der Waals surface area (Å²) in [5, 5.41) is 8.39. The number of urea groups is 1. The predicted molar refractivity (Wildman–Crippen MR) is 89.4 cm³/mol. The van der Waals surface area contributed by atoms with Crippen LogP contribution in [0.4, 0.5) is 10.6 Å². The zero-order chi connectivity index (χ0) is 18.4. The van der Waals surface area contributed by atoms with Crippen LogP contribution in [0.2, 0.25) is 0 Å². The van der Waals surface area contributed by atoms with E-state index >= 15 is 0 Å². The van der Waals surface area contributed by atoms with Gasteiger partial charge in [0.1, 0.15) is 5.76 Å². The summed E-state index contributed by atoms with van der Waals surface area (Å²) >= 11 is 0. The number of nitrogens with zero attached hydrogens (tertiary/aromatic N) is 1. The van der Waals surface area contributed by atoms with Crippen molar-refractivity contribution in [3.63, 3.8) is 0 Å². The SMILES string of the molecule is Cc1ccc(S(=O)(=O)NC(=O)NCCC(=O)Nc2cc(C)on2)cc1. The average molecular weight is 366 g/mol. The van der Waals surface area contributed by atoms with E-state index in [4.69, 9.17) is 4.52 Å². The Morgan fingerprint density at radius 2 is 1.84 bits per heavy atom. The highest BCUT2D eigenvalue weighted by atomic mass is 32.2. The summed E-state index contributed by atoms with van der Waals surface area (Å²) < 4.78 is 30.7. The molecule has 0 aliphatic heterocycles. The van der Waals surface area contributed by atoms with Crippen LogP contribution in [0.15, 0.2) is 39.8 Å². The molecule has 3 N–H and O–H groups in total. The van der Waals surface area contributed by atoms with E-state index in [0.717, 1.165) is 5.56 Å². The van der Waals surface area contributed by atoms with E-state index in [1.165, 1.54) is 12.1 Å². The number of nitrogens with one attached hydrogen (secondary N) is 3. The Morgan fingerprint density at radius 1 is 1.16 bits per heavy atom. The molecule has 2 aromatic rings. The Morgan fingerprint density at radius 3 is 2.44 bits per heavy atom. The zero-order valence-electron chi connectivity index (χ0n) is 13.7. The van der Waals surface area contributed by atoms with Gasteiger partial charge < -0.3 is 15.2 Å². The molecule has 0 radical (unpaired) electrons. The highest BCUT2D eigenvalue weighted by Crippen LogP contribution is 2.09. The molecule has 0 fully saturated rings. The fourth-order valence-electron chi connectivity index (χ4n) is 1.85. The van der Waals surface area contributed by atoms with E-state index in [1.807, 2.05) is 11.6 Å². The van der Waals surface area contributed by atoms with E-state index in [0.29, 0.717) is 5.76 Å². The van der Waals surface area contributed by atoms with Gasteiger partial charge in [0.05, 0.1) is 4.90 Å². The van der Waals surface area contributed by atoms with Gasteiger partial charge in [-0.2, -0.15) is 0 Å². The number of hydrogen-bond acceptors (Lipinski definition) is 6. The van der Waals surface area contributed by atoms with Crippen LogP contribution >= 0.6 is 0 Å². The zero-order valence-corrected chi connectivity index (χ0v) is 14.5. The summed E-state index contributed by atoms with van der Waals surface area (Å²) in [5.74, 6) is 0.429. The number of aryl methyl sites for hydroxylation is 2. The summed E-state index contributed by atoms with van der Waals surface area (Å²) in [5.41, 5.74) is 0.900. The Labute approximate surface area is 144 Å². The van der Waals surface area contributed by atoms with Crippen molar-refractivity contribution in [3.05, 3.63) is 41.7 Å². The van der Waals surface area contributed by atoms with E-state index in [9.17, 15) is 18.0 Å². The van der Waals surface area contributed by atoms with Crippen molar-refractivity contribution in [1.82, 2.24) is 15.2 Å². The number of hydrogen-bond donors (Lipinski definition) is 3. The van der Waals surface area contributed by atoms with E-state index in [-0.39, 0.29) is 23.7 Å². The third kappa shape index (κ3) is 5.60. The lowest BCUT2D eigenvalue weighted by Crippen LogP contribution is -2.40. The fraction of sp³-hybridized carbons (Fsp3) is 0.267. The lowest BCUT2D eigenvalue weighted by molar-refractivity contribution is -0.116. The molecular weight excluding hydrogens is 348 g/mol. The van der Waals surface area contributed by atoms with E-state index in [2.05, 4.69) is 15.8 Å². The van der Waals surface area contributed by atoms with Gasteiger partial charge >= 0.3 is 6.03 Å². The lowest BCUT2D eigenvalue weighted by Gasteiger charge is -2.08. The largest absolute Gasteiger partial charge is 0.360 e. The lowest BCUT2D eigenvalue weighted by atomic mass is 10.2. The molecule has 1 heterocycles. The standard InChI is InChI=1S/C15H18N4O5S/c1-10-3-5-12(6-4-10)25(22,23)19-15(21)16-8-7-14(20)17-13-9-11(2)24-18-13/h3-6,9H,7-8H2,1-2H3,(H2,16,19,21)(H,17,18,20). The summed E-state index contributed by atoms with van der Waals surface area (Å²) in [7, 11) is -3.96. The average Bonchev–Trinajstić information content (AvgIpc) is 2.92. The number of carbonyl (C=O) groups excluding carboxylic acids is 2. The molecule has 0 unspecified atom stereocenters. The van der Waals surface area contributed by atoms with Crippen LogP contribution in [0.25, 0.3) is 0 Å². The summed E-state index contributed by atoms with van der Waals surface area (Å²) in [6, 6.07) is 6.69. The Hall–Kier alpha value is -2.88. The van der Waals surface area contributed by atoms with Gasteiger partial charge in [0.2, 0.25) is 5.91 Å². The van der Waals surface area contributed by atoms with Gasteiger partial charge in [0.25, 0.3) is 10.0 Å². The maximum absolute atomic E-state index is 12.0. The molecule has 9 nitrogen and oxygen atoms in total. The summed E-state index contributed by atoms with van der Waals surface area (Å²) in [4.78, 5) is 23.3. The highest BCUT2D eigenvalue weighted by molar-refractivity contribution is 7.90. The summed E-state index contributed by atoms with van der Waals surface area (Å²) in [6.45, 7) is 3.46. The monoisotopic (exact) mass is 366 g/mol. The van der Waals surface area contributed by atoms with E-state index < -0.39 is 22.0 Å². The van der Waals surface area contributed by atoms with Gasteiger partial charge in [0.15, 0.2) is 5.82 Å². The molecule has 3 amide bonds. The van der Waals surface area contributed by atoms with Crippen LogP contribution < -0.4 is 15.4 Å². The number of sulfonamides is 1. The highest BCUT2D eigenvalue weighted by Gasteiger charge is 2.17. The second-order valence-corrected chi connectivity index (χ2v) is 6.98. The number of anilines is 1. The first-order valence-electron chi connectivity index (χ1n) is 7.37. The minimum atomic E-state index is -3.96. The minimum absolute atomic E-state index is 0.0209. The van der Waals surface area contributed by atoms with Gasteiger partial charge in [-0.05, 0) is 26.0 Å². The predicted octanol–water partition coefficient (Wildman–Crippen LogP) is 1.31. The first kappa shape index (κ1) is 18.5. The number of carbonyl (C=O) groups is 2. The van der Waals surface area contributed by atoms with Crippen LogP contribution in [-0.2, 0) is 14.8 Å². The van der Waals surface area contributed by atoms with Crippen molar-refractivity contribution in [2.75, 3.05) is 11.9 Å². The third-order valence-electron chi connectivity index (χ3n) is 3.09. The molecule has 0 atom stereocenters. The number of benzene rings is 1. The molecular formula is C15H18N4O5S. The van der Waals surface area contributed by atoms with E-state index in [1.54, 1.807) is 25.1 Å². The molecule has 10 heteroatoms. The first-order chi connectivity index (χ1) is 11.8. The number of rotatable bonds is 6. The van der Waals surface area contributed by atoms with Crippen LogP contribution in [0.5, 0.6) is 0 Å². The van der Waals surface area contributed by atoms with Crippen molar-refractivity contribution in [3.8, 4) is 0 Å². The van der Waals surface area contributed by atoms with Gasteiger partial charge in [-0.1, -0.05) is 22.9 Å². The van der Waals surface area contributed by atoms with Crippen molar-refractivity contribution >= 4 is 27.8 Å². The quantitative estimate of drug-likeness (QED) is 0.706. The molecule has 25 heavy (non-hydrogen) atoms. The normalized spacial score (nSPS) is 11.0. The minimum Gasteiger partial charge on any atom is -0.360 e. The van der Waals surface area contributed by atoms with Crippen LogP contribution in [0.3, 0.4) is 0 Å². The molecule has 0 aliphatic carbocycles. The molecule has 1 aromatic heterocycles. The van der Waals surface area contributed by atoms with Crippen molar-refractivity contribution in [1.29, 1.82) is 0 Å². The van der Waals surface area contributed by atoms with Gasteiger partial charge in [-0.15, -0.1) is 0 Å². The molecule has 0 aliphatic rings. The molecule has 0 bridgehead atoms. The maximum atomic E-state index is 12.0.